The molecule has 4 rings (SSSR count). The van der Waals surface area contributed by atoms with Crippen molar-refractivity contribution in [1.29, 1.82) is 0 Å². The molecule has 3 aromatic rings. The summed E-state index contributed by atoms with van der Waals surface area (Å²) in [6, 6.07) is 15.5. The molecule has 0 spiro atoms. The Morgan fingerprint density at radius 3 is 2.60 bits per heavy atom. The second-order valence-electron chi connectivity index (χ2n) is 6.57. The normalized spacial score (nSPS) is 15.2. The molecule has 5 heteroatoms. The topological polar surface area (TPSA) is 70.1 Å². The van der Waals surface area contributed by atoms with Crippen LogP contribution >= 0.6 is 0 Å². The molecule has 5 nitrogen and oxygen atoms in total. The molecule has 0 atom stereocenters. The Hall–Kier alpha value is -2.82. The number of hydrogen-bond acceptors (Lipinski definition) is 5. The summed E-state index contributed by atoms with van der Waals surface area (Å²) in [5.41, 5.74) is 1.66. The van der Waals surface area contributed by atoms with E-state index in [1.807, 2.05) is 24.3 Å². The molecule has 1 heterocycles. The van der Waals surface area contributed by atoms with Crippen LogP contribution in [0.15, 0.2) is 48.5 Å². The van der Waals surface area contributed by atoms with Gasteiger partial charge in [-0.15, -0.1) is 0 Å². The van der Waals surface area contributed by atoms with E-state index in [9.17, 15) is 5.11 Å². The third-order valence-corrected chi connectivity index (χ3v) is 4.65. The lowest BCUT2D eigenvalue weighted by atomic mass is 9.95. The van der Waals surface area contributed by atoms with E-state index in [2.05, 4.69) is 21.7 Å². The minimum absolute atomic E-state index is 0.214. The number of nitrogens with one attached hydrogen (secondary N) is 2. The molecular formula is C20H22N4O. The van der Waals surface area contributed by atoms with Crippen molar-refractivity contribution in [3.8, 4) is 5.75 Å². The maximum absolute atomic E-state index is 9.64. The molecular weight excluding hydrogens is 312 g/mol. The largest absolute Gasteiger partial charge is 0.508 e. The summed E-state index contributed by atoms with van der Waals surface area (Å²) in [6.07, 6.45) is 6.25. The van der Waals surface area contributed by atoms with Crippen LogP contribution in [0.5, 0.6) is 5.75 Å². The van der Waals surface area contributed by atoms with Crippen molar-refractivity contribution in [2.45, 2.75) is 38.1 Å². The van der Waals surface area contributed by atoms with E-state index in [0.717, 1.165) is 22.4 Å². The highest BCUT2D eigenvalue weighted by Gasteiger charge is 2.16. The molecule has 0 aliphatic heterocycles. The Labute approximate surface area is 147 Å². The van der Waals surface area contributed by atoms with Gasteiger partial charge in [0.15, 0.2) is 0 Å². The van der Waals surface area contributed by atoms with Crippen LogP contribution in [0.2, 0.25) is 0 Å². The SMILES string of the molecule is Oc1cccc(Nc2nc(NC3CCCCC3)c3ccccc3n2)c1. The van der Waals surface area contributed by atoms with E-state index in [-0.39, 0.29) is 5.75 Å². The number of anilines is 3. The second-order valence-corrected chi connectivity index (χ2v) is 6.57. The van der Waals surface area contributed by atoms with E-state index >= 15 is 0 Å². The Balaban J connectivity index is 1.67. The van der Waals surface area contributed by atoms with Crippen LogP contribution in [-0.2, 0) is 0 Å². The number of phenolic OH excluding ortho intramolecular Hbond substituents is 1. The monoisotopic (exact) mass is 334 g/mol. The summed E-state index contributed by atoms with van der Waals surface area (Å²) in [5, 5.41) is 17.5. The number of rotatable bonds is 4. The Morgan fingerprint density at radius 2 is 1.76 bits per heavy atom. The van der Waals surface area contributed by atoms with Crippen molar-refractivity contribution in [3.05, 3.63) is 48.5 Å². The van der Waals surface area contributed by atoms with Gasteiger partial charge in [0.2, 0.25) is 5.95 Å². The molecule has 128 valence electrons. The zero-order valence-corrected chi connectivity index (χ0v) is 14.1. The van der Waals surface area contributed by atoms with Crippen LogP contribution in [0.1, 0.15) is 32.1 Å². The van der Waals surface area contributed by atoms with Gasteiger partial charge in [-0.2, -0.15) is 4.98 Å². The Kier molecular flexibility index (Phi) is 4.37. The predicted molar refractivity (Wildman–Crippen MR) is 101 cm³/mol. The third kappa shape index (κ3) is 3.65. The standard InChI is InChI=1S/C20H22N4O/c25-16-10-6-9-15(13-16)22-20-23-18-12-5-4-11-17(18)19(24-20)21-14-7-2-1-3-8-14/h4-6,9-14,25H,1-3,7-8H2,(H2,21,22,23,24). The first-order chi connectivity index (χ1) is 12.3. The molecule has 0 saturated heterocycles. The lowest BCUT2D eigenvalue weighted by molar-refractivity contribution is 0.462. The summed E-state index contributed by atoms with van der Waals surface area (Å²) >= 11 is 0. The van der Waals surface area contributed by atoms with Crippen molar-refractivity contribution in [2.24, 2.45) is 0 Å². The molecule has 0 radical (unpaired) electrons. The van der Waals surface area contributed by atoms with Crippen molar-refractivity contribution >= 4 is 28.4 Å². The lowest BCUT2D eigenvalue weighted by Crippen LogP contribution is -2.23. The minimum atomic E-state index is 0.214. The summed E-state index contributed by atoms with van der Waals surface area (Å²) in [5.74, 6) is 1.62. The van der Waals surface area contributed by atoms with Crippen LogP contribution in [0.4, 0.5) is 17.5 Å². The van der Waals surface area contributed by atoms with Crippen molar-refractivity contribution in [3.63, 3.8) is 0 Å². The first-order valence-corrected chi connectivity index (χ1v) is 8.87. The van der Waals surface area contributed by atoms with Crippen molar-refractivity contribution < 1.29 is 5.11 Å². The summed E-state index contributed by atoms with van der Waals surface area (Å²) in [7, 11) is 0. The molecule has 1 aliphatic carbocycles. The zero-order chi connectivity index (χ0) is 17.1. The number of phenols is 1. The summed E-state index contributed by atoms with van der Waals surface area (Å²) < 4.78 is 0. The van der Waals surface area contributed by atoms with Gasteiger partial charge in [0.05, 0.1) is 5.52 Å². The van der Waals surface area contributed by atoms with Gasteiger partial charge in [-0.05, 0) is 37.1 Å². The van der Waals surface area contributed by atoms with E-state index in [1.54, 1.807) is 18.2 Å². The molecule has 1 fully saturated rings. The molecule has 0 bridgehead atoms. The van der Waals surface area contributed by atoms with Crippen molar-refractivity contribution in [1.82, 2.24) is 9.97 Å². The van der Waals surface area contributed by atoms with Crippen LogP contribution in [0.3, 0.4) is 0 Å². The van der Waals surface area contributed by atoms with E-state index in [1.165, 1.54) is 32.1 Å². The number of benzene rings is 2. The molecule has 1 aliphatic rings. The number of para-hydroxylation sites is 1. The lowest BCUT2D eigenvalue weighted by Gasteiger charge is -2.24. The first-order valence-electron chi connectivity index (χ1n) is 8.87. The number of nitrogens with zero attached hydrogens (tertiary/aromatic N) is 2. The highest BCUT2D eigenvalue weighted by molar-refractivity contribution is 5.90. The van der Waals surface area contributed by atoms with Gasteiger partial charge in [-0.1, -0.05) is 37.5 Å². The van der Waals surface area contributed by atoms with Gasteiger partial charge in [-0.25, -0.2) is 4.98 Å². The molecule has 25 heavy (non-hydrogen) atoms. The maximum atomic E-state index is 9.64. The van der Waals surface area contributed by atoms with Crippen LogP contribution < -0.4 is 10.6 Å². The molecule has 0 amide bonds. The summed E-state index contributed by atoms with van der Waals surface area (Å²) in [6.45, 7) is 0. The van der Waals surface area contributed by atoms with Gasteiger partial charge >= 0.3 is 0 Å². The molecule has 1 saturated carbocycles. The van der Waals surface area contributed by atoms with E-state index < -0.39 is 0 Å². The fourth-order valence-corrected chi connectivity index (χ4v) is 3.40. The van der Waals surface area contributed by atoms with Gasteiger partial charge in [-0.3, -0.25) is 0 Å². The van der Waals surface area contributed by atoms with Gasteiger partial charge in [0, 0.05) is 23.2 Å². The van der Waals surface area contributed by atoms with Crippen LogP contribution in [0, 0.1) is 0 Å². The predicted octanol–water partition coefficient (Wildman–Crippen LogP) is 4.82. The minimum Gasteiger partial charge on any atom is -0.508 e. The molecule has 1 aromatic heterocycles. The van der Waals surface area contributed by atoms with Crippen LogP contribution in [-0.4, -0.2) is 21.1 Å². The first kappa shape index (κ1) is 15.7. The van der Waals surface area contributed by atoms with Crippen LogP contribution in [0.25, 0.3) is 10.9 Å². The van der Waals surface area contributed by atoms with Crippen molar-refractivity contribution in [2.75, 3.05) is 10.6 Å². The number of aromatic nitrogens is 2. The maximum Gasteiger partial charge on any atom is 0.229 e. The number of hydrogen-bond donors (Lipinski definition) is 3. The molecule has 2 aromatic carbocycles. The smallest absolute Gasteiger partial charge is 0.229 e. The molecule has 3 N–H and O–H groups in total. The fourth-order valence-electron chi connectivity index (χ4n) is 3.40. The van der Waals surface area contributed by atoms with E-state index in [0.29, 0.717) is 12.0 Å². The van der Waals surface area contributed by atoms with Gasteiger partial charge in [0.25, 0.3) is 0 Å². The second kappa shape index (κ2) is 6.97. The van der Waals surface area contributed by atoms with Gasteiger partial charge in [0.1, 0.15) is 11.6 Å². The molecule has 0 unspecified atom stereocenters. The average molecular weight is 334 g/mol. The number of aromatic hydroxyl groups is 1. The fraction of sp³-hybridized carbons (Fsp3) is 0.300. The quantitative estimate of drug-likeness (QED) is 0.638. The highest BCUT2D eigenvalue weighted by Crippen LogP contribution is 2.27. The zero-order valence-electron chi connectivity index (χ0n) is 14.1. The Bertz CT molecular complexity index is 874. The van der Waals surface area contributed by atoms with E-state index in [4.69, 9.17) is 4.98 Å². The average Bonchev–Trinajstić information content (AvgIpc) is 2.63. The third-order valence-electron chi connectivity index (χ3n) is 4.65. The van der Waals surface area contributed by atoms with Gasteiger partial charge < -0.3 is 15.7 Å². The highest BCUT2D eigenvalue weighted by atomic mass is 16.3. The number of fused-ring (bicyclic) bond motifs is 1. The summed E-state index contributed by atoms with van der Waals surface area (Å²) in [4.78, 5) is 9.32. The Morgan fingerprint density at radius 1 is 0.920 bits per heavy atom.